The van der Waals surface area contributed by atoms with E-state index in [2.05, 4.69) is 6.92 Å². The lowest BCUT2D eigenvalue weighted by atomic mass is 10.0. The van der Waals surface area contributed by atoms with E-state index in [-0.39, 0.29) is 6.04 Å². The Kier molecular flexibility index (Phi) is 9.73. The van der Waals surface area contributed by atoms with Gasteiger partial charge in [0, 0.05) is 25.6 Å². The van der Waals surface area contributed by atoms with Gasteiger partial charge >= 0.3 is 0 Å². The van der Waals surface area contributed by atoms with Crippen LogP contribution in [0.1, 0.15) is 84.0 Å². The standard InChI is InChI=1S/C17H34N2O/c1-2-3-4-5-6-7-8-9-10-12-16(18)15-19-14-11-13-17(19)20/h16H,2-15,18H2,1H3. The highest BCUT2D eigenvalue weighted by atomic mass is 16.2. The maximum Gasteiger partial charge on any atom is 0.222 e. The molecular weight excluding hydrogens is 248 g/mol. The molecule has 0 aromatic rings. The molecule has 1 aliphatic rings. The SMILES string of the molecule is CCCCCCCCCCCC(N)CN1CCCC1=O. The fourth-order valence-electron chi connectivity index (χ4n) is 2.99. The molecular formula is C17H34N2O. The van der Waals surface area contributed by atoms with Gasteiger partial charge in [-0.15, -0.1) is 0 Å². The number of rotatable bonds is 12. The molecule has 0 aromatic heterocycles. The van der Waals surface area contributed by atoms with E-state index in [1.807, 2.05) is 4.90 Å². The van der Waals surface area contributed by atoms with Crippen LogP contribution in [0.3, 0.4) is 0 Å². The zero-order valence-electron chi connectivity index (χ0n) is 13.4. The Morgan fingerprint density at radius 3 is 2.20 bits per heavy atom. The first kappa shape index (κ1) is 17.5. The number of carbonyl (C=O) groups excluding carboxylic acids is 1. The zero-order chi connectivity index (χ0) is 14.6. The third-order valence-corrected chi connectivity index (χ3v) is 4.30. The summed E-state index contributed by atoms with van der Waals surface area (Å²) >= 11 is 0. The van der Waals surface area contributed by atoms with Gasteiger partial charge in [-0.2, -0.15) is 0 Å². The van der Waals surface area contributed by atoms with Crippen LogP contribution in [0.15, 0.2) is 0 Å². The van der Waals surface area contributed by atoms with E-state index >= 15 is 0 Å². The second kappa shape index (κ2) is 11.1. The fraction of sp³-hybridized carbons (Fsp3) is 0.941. The number of nitrogens with two attached hydrogens (primary N) is 1. The molecule has 0 aromatic carbocycles. The van der Waals surface area contributed by atoms with Crippen LogP contribution in [0.4, 0.5) is 0 Å². The lowest BCUT2D eigenvalue weighted by Gasteiger charge is -2.20. The fourth-order valence-corrected chi connectivity index (χ4v) is 2.99. The second-order valence-electron chi connectivity index (χ2n) is 6.32. The molecule has 20 heavy (non-hydrogen) atoms. The Morgan fingerprint density at radius 1 is 1.05 bits per heavy atom. The summed E-state index contributed by atoms with van der Waals surface area (Å²) < 4.78 is 0. The zero-order valence-corrected chi connectivity index (χ0v) is 13.4. The minimum Gasteiger partial charge on any atom is -0.341 e. The van der Waals surface area contributed by atoms with Crippen molar-refractivity contribution in [2.45, 2.75) is 90.0 Å². The normalized spacial score (nSPS) is 16.9. The lowest BCUT2D eigenvalue weighted by molar-refractivity contribution is -0.127. The molecule has 3 heteroatoms. The van der Waals surface area contributed by atoms with Gasteiger partial charge in [0.1, 0.15) is 0 Å². The number of amides is 1. The van der Waals surface area contributed by atoms with E-state index < -0.39 is 0 Å². The molecule has 118 valence electrons. The molecule has 0 bridgehead atoms. The topological polar surface area (TPSA) is 46.3 Å². The number of nitrogens with zero attached hydrogens (tertiary/aromatic N) is 1. The van der Waals surface area contributed by atoms with Crippen LogP contribution in [0.25, 0.3) is 0 Å². The van der Waals surface area contributed by atoms with Gasteiger partial charge in [-0.25, -0.2) is 0 Å². The minimum absolute atomic E-state index is 0.182. The molecule has 3 nitrogen and oxygen atoms in total. The molecule has 1 atom stereocenters. The Bertz CT molecular complexity index is 255. The first-order chi connectivity index (χ1) is 9.74. The van der Waals surface area contributed by atoms with E-state index in [4.69, 9.17) is 5.73 Å². The largest absolute Gasteiger partial charge is 0.341 e. The molecule has 1 unspecified atom stereocenters. The summed E-state index contributed by atoms with van der Waals surface area (Å²) in [6.45, 7) is 3.96. The van der Waals surface area contributed by atoms with Gasteiger partial charge in [-0.3, -0.25) is 4.79 Å². The molecule has 0 aliphatic carbocycles. The summed E-state index contributed by atoms with van der Waals surface area (Å²) in [6.07, 6.45) is 15.0. The molecule has 0 radical (unpaired) electrons. The number of unbranched alkanes of at least 4 members (excludes halogenated alkanes) is 8. The molecule has 1 rings (SSSR count). The summed E-state index contributed by atoms with van der Waals surface area (Å²) in [4.78, 5) is 13.4. The smallest absolute Gasteiger partial charge is 0.222 e. The van der Waals surface area contributed by atoms with Gasteiger partial charge in [0.05, 0.1) is 0 Å². The predicted molar refractivity (Wildman–Crippen MR) is 85.6 cm³/mol. The van der Waals surface area contributed by atoms with Crippen LogP contribution in [-0.4, -0.2) is 29.9 Å². The lowest BCUT2D eigenvalue weighted by Crippen LogP contribution is -2.38. The molecule has 1 fully saturated rings. The third-order valence-electron chi connectivity index (χ3n) is 4.30. The van der Waals surface area contributed by atoms with E-state index in [1.54, 1.807) is 0 Å². The van der Waals surface area contributed by atoms with Crippen molar-refractivity contribution >= 4 is 5.91 Å². The van der Waals surface area contributed by atoms with Gasteiger partial charge in [0.15, 0.2) is 0 Å². The van der Waals surface area contributed by atoms with Crippen LogP contribution in [0.5, 0.6) is 0 Å². The van der Waals surface area contributed by atoms with Crippen molar-refractivity contribution < 1.29 is 4.79 Å². The molecule has 2 N–H and O–H groups in total. The molecule has 1 amide bonds. The number of hydrogen-bond acceptors (Lipinski definition) is 2. The van der Waals surface area contributed by atoms with Gasteiger partial charge in [-0.1, -0.05) is 64.7 Å². The van der Waals surface area contributed by atoms with Crippen LogP contribution < -0.4 is 5.73 Å². The van der Waals surface area contributed by atoms with Crippen LogP contribution in [0.2, 0.25) is 0 Å². The monoisotopic (exact) mass is 282 g/mol. The van der Waals surface area contributed by atoms with Crippen molar-refractivity contribution in [3.8, 4) is 0 Å². The second-order valence-corrected chi connectivity index (χ2v) is 6.32. The maximum absolute atomic E-state index is 11.5. The first-order valence-corrected chi connectivity index (χ1v) is 8.77. The Labute approximate surface area is 125 Å². The average Bonchev–Trinajstić information content (AvgIpc) is 2.82. The average molecular weight is 282 g/mol. The molecule has 1 aliphatic heterocycles. The van der Waals surface area contributed by atoms with Gasteiger partial charge in [-0.05, 0) is 12.8 Å². The van der Waals surface area contributed by atoms with Gasteiger partial charge in [0.2, 0.25) is 5.91 Å². The van der Waals surface area contributed by atoms with E-state index in [9.17, 15) is 4.79 Å². The highest BCUT2D eigenvalue weighted by molar-refractivity contribution is 5.78. The van der Waals surface area contributed by atoms with Crippen molar-refractivity contribution in [3.05, 3.63) is 0 Å². The van der Waals surface area contributed by atoms with E-state index in [0.717, 1.165) is 32.4 Å². The van der Waals surface area contributed by atoms with Crippen molar-refractivity contribution in [3.63, 3.8) is 0 Å². The molecule has 0 spiro atoms. The summed E-state index contributed by atoms with van der Waals surface area (Å²) in [5.41, 5.74) is 6.12. The highest BCUT2D eigenvalue weighted by Gasteiger charge is 2.21. The summed E-state index contributed by atoms with van der Waals surface area (Å²) in [7, 11) is 0. The van der Waals surface area contributed by atoms with Gasteiger partial charge < -0.3 is 10.6 Å². The minimum atomic E-state index is 0.182. The Balaban J connectivity index is 1.87. The highest BCUT2D eigenvalue weighted by Crippen LogP contribution is 2.13. The first-order valence-electron chi connectivity index (χ1n) is 8.77. The van der Waals surface area contributed by atoms with E-state index in [0.29, 0.717) is 5.91 Å². The van der Waals surface area contributed by atoms with Crippen LogP contribution in [0, 0.1) is 0 Å². The Hall–Kier alpha value is -0.570. The Morgan fingerprint density at radius 2 is 1.65 bits per heavy atom. The van der Waals surface area contributed by atoms with Gasteiger partial charge in [0.25, 0.3) is 0 Å². The van der Waals surface area contributed by atoms with Crippen molar-refractivity contribution in [1.29, 1.82) is 0 Å². The van der Waals surface area contributed by atoms with E-state index in [1.165, 1.54) is 57.8 Å². The predicted octanol–water partition coefficient (Wildman–Crippen LogP) is 3.86. The molecule has 1 heterocycles. The van der Waals surface area contributed by atoms with Crippen molar-refractivity contribution in [2.24, 2.45) is 5.73 Å². The van der Waals surface area contributed by atoms with Crippen molar-refractivity contribution in [1.82, 2.24) is 4.90 Å². The quantitative estimate of drug-likeness (QED) is 0.553. The number of hydrogen-bond donors (Lipinski definition) is 1. The maximum atomic E-state index is 11.5. The summed E-state index contributed by atoms with van der Waals surface area (Å²) in [5.74, 6) is 0.299. The number of likely N-dealkylation sites (tertiary alicyclic amines) is 1. The summed E-state index contributed by atoms with van der Waals surface area (Å²) in [5, 5.41) is 0. The molecule has 0 saturated carbocycles. The number of carbonyl (C=O) groups is 1. The van der Waals surface area contributed by atoms with Crippen LogP contribution in [-0.2, 0) is 4.79 Å². The summed E-state index contributed by atoms with van der Waals surface area (Å²) in [6, 6.07) is 0.182. The molecule has 1 saturated heterocycles. The van der Waals surface area contributed by atoms with Crippen molar-refractivity contribution in [2.75, 3.05) is 13.1 Å². The van der Waals surface area contributed by atoms with Crippen LogP contribution >= 0.6 is 0 Å². The third kappa shape index (κ3) is 7.88.